The van der Waals surface area contributed by atoms with Gasteiger partial charge in [0.2, 0.25) is 0 Å². The standard InChI is InChI=1S/C29H29F3N6/c1-20-3-4-21(15-22(20)5-8-25-18-35-28-27(36-25)9-10-33-28)17-34-24-7-6-23(26(16-24)29(30,31)32)19-38-13-11-37(2)12-14-38/h3-4,6-7,9-10,15-16,18,34H,11-14,17,19H2,1-2H3,(H,33,35). The largest absolute Gasteiger partial charge is 0.416 e. The molecule has 0 aliphatic carbocycles. The molecular formula is C29H29F3N6. The van der Waals surface area contributed by atoms with Crippen molar-refractivity contribution in [2.45, 2.75) is 26.2 Å². The fraction of sp³-hybridized carbons (Fsp3) is 0.310. The van der Waals surface area contributed by atoms with Gasteiger partial charge in [0, 0.05) is 56.7 Å². The van der Waals surface area contributed by atoms with E-state index in [1.165, 1.54) is 6.07 Å². The van der Waals surface area contributed by atoms with Gasteiger partial charge in [0.1, 0.15) is 11.2 Å². The minimum atomic E-state index is -4.42. The van der Waals surface area contributed by atoms with Gasteiger partial charge < -0.3 is 15.2 Å². The van der Waals surface area contributed by atoms with Gasteiger partial charge in [0.05, 0.1) is 11.8 Å². The number of likely N-dealkylation sites (N-methyl/N-ethyl adjacent to an activating group) is 1. The van der Waals surface area contributed by atoms with Crippen molar-refractivity contribution >= 4 is 16.9 Å². The molecule has 4 aromatic rings. The zero-order valence-corrected chi connectivity index (χ0v) is 21.4. The van der Waals surface area contributed by atoms with Crippen molar-refractivity contribution < 1.29 is 13.2 Å². The highest BCUT2D eigenvalue weighted by Crippen LogP contribution is 2.34. The predicted molar refractivity (Wildman–Crippen MR) is 143 cm³/mol. The third-order valence-electron chi connectivity index (χ3n) is 6.79. The van der Waals surface area contributed by atoms with Crippen LogP contribution in [0.1, 0.15) is 33.5 Å². The molecule has 6 nitrogen and oxygen atoms in total. The van der Waals surface area contributed by atoms with E-state index in [1.807, 2.05) is 38.2 Å². The van der Waals surface area contributed by atoms with Crippen molar-refractivity contribution in [3.05, 3.63) is 88.4 Å². The first-order valence-corrected chi connectivity index (χ1v) is 12.5. The number of nitrogens with one attached hydrogen (secondary N) is 2. The molecule has 196 valence electrons. The average Bonchev–Trinajstić information content (AvgIpc) is 3.37. The summed E-state index contributed by atoms with van der Waals surface area (Å²) in [5.74, 6) is 6.22. The van der Waals surface area contributed by atoms with Crippen LogP contribution in [-0.2, 0) is 19.3 Å². The molecule has 0 atom stereocenters. The Labute approximate surface area is 219 Å². The summed E-state index contributed by atoms with van der Waals surface area (Å²) in [4.78, 5) is 16.1. The van der Waals surface area contributed by atoms with Gasteiger partial charge in [-0.2, -0.15) is 13.2 Å². The number of H-pyrrole nitrogens is 1. The van der Waals surface area contributed by atoms with Crippen molar-refractivity contribution in [3.63, 3.8) is 0 Å². The summed E-state index contributed by atoms with van der Waals surface area (Å²) < 4.78 is 41.8. The highest BCUT2D eigenvalue weighted by atomic mass is 19.4. The molecular weight excluding hydrogens is 489 g/mol. The maximum atomic E-state index is 13.9. The Balaban J connectivity index is 1.29. The van der Waals surface area contributed by atoms with E-state index in [1.54, 1.807) is 24.5 Å². The number of benzene rings is 2. The van der Waals surface area contributed by atoms with Crippen molar-refractivity contribution in [1.29, 1.82) is 0 Å². The number of halogens is 3. The van der Waals surface area contributed by atoms with Gasteiger partial charge in [-0.3, -0.25) is 4.90 Å². The molecule has 0 spiro atoms. The zero-order valence-electron chi connectivity index (χ0n) is 21.4. The first-order chi connectivity index (χ1) is 18.2. The number of aromatic nitrogens is 3. The number of hydrogen-bond donors (Lipinski definition) is 2. The second-order valence-corrected chi connectivity index (χ2v) is 9.67. The predicted octanol–water partition coefficient (Wildman–Crippen LogP) is 5.04. The summed E-state index contributed by atoms with van der Waals surface area (Å²) in [6, 6.07) is 12.2. The Morgan fingerprint density at radius 1 is 1.03 bits per heavy atom. The second-order valence-electron chi connectivity index (χ2n) is 9.67. The molecule has 1 aliphatic heterocycles. The number of fused-ring (bicyclic) bond motifs is 1. The van der Waals surface area contributed by atoms with Crippen molar-refractivity contribution in [3.8, 4) is 11.8 Å². The lowest BCUT2D eigenvalue weighted by Crippen LogP contribution is -2.44. The van der Waals surface area contributed by atoms with Crippen molar-refractivity contribution in [1.82, 2.24) is 24.8 Å². The Morgan fingerprint density at radius 3 is 2.63 bits per heavy atom. The normalized spacial score (nSPS) is 14.9. The van der Waals surface area contributed by atoms with E-state index >= 15 is 0 Å². The average molecular weight is 519 g/mol. The quantitative estimate of drug-likeness (QED) is 0.363. The monoisotopic (exact) mass is 518 g/mol. The number of piperazine rings is 1. The second kappa shape index (κ2) is 10.9. The maximum Gasteiger partial charge on any atom is 0.416 e. The highest BCUT2D eigenvalue weighted by Gasteiger charge is 2.34. The topological polar surface area (TPSA) is 60.1 Å². The van der Waals surface area contributed by atoms with Gasteiger partial charge in [-0.05, 0) is 60.8 Å². The number of hydrogen-bond acceptors (Lipinski definition) is 5. The molecule has 2 aromatic carbocycles. The van der Waals surface area contributed by atoms with Gasteiger partial charge in [-0.15, -0.1) is 0 Å². The number of nitrogens with zero attached hydrogens (tertiary/aromatic N) is 4. The van der Waals surface area contributed by atoms with Crippen LogP contribution in [0.5, 0.6) is 0 Å². The Bertz CT molecular complexity index is 1490. The van der Waals surface area contributed by atoms with Crippen LogP contribution >= 0.6 is 0 Å². The Morgan fingerprint density at radius 2 is 1.84 bits per heavy atom. The van der Waals surface area contributed by atoms with Crippen LogP contribution in [0.25, 0.3) is 11.2 Å². The molecule has 38 heavy (non-hydrogen) atoms. The number of anilines is 1. The van der Waals surface area contributed by atoms with Crippen LogP contribution < -0.4 is 5.32 Å². The summed E-state index contributed by atoms with van der Waals surface area (Å²) in [5, 5.41) is 3.15. The molecule has 5 rings (SSSR count). The van der Waals surface area contributed by atoms with E-state index in [0.29, 0.717) is 35.7 Å². The molecule has 0 saturated carbocycles. The molecule has 0 amide bonds. The molecule has 0 unspecified atom stereocenters. The van der Waals surface area contributed by atoms with Crippen LogP contribution in [-0.4, -0.2) is 58.0 Å². The van der Waals surface area contributed by atoms with Gasteiger partial charge in [-0.25, -0.2) is 9.97 Å². The lowest BCUT2D eigenvalue weighted by atomic mass is 10.0. The third kappa shape index (κ3) is 6.15. The molecule has 1 aliphatic rings. The van der Waals surface area contributed by atoms with Gasteiger partial charge in [0.25, 0.3) is 0 Å². The van der Waals surface area contributed by atoms with Gasteiger partial charge >= 0.3 is 6.18 Å². The summed E-state index contributed by atoms with van der Waals surface area (Å²) in [5.41, 5.74) is 4.93. The maximum absolute atomic E-state index is 13.9. The van der Waals surface area contributed by atoms with Crippen LogP contribution in [0.4, 0.5) is 18.9 Å². The molecule has 2 N–H and O–H groups in total. The van der Waals surface area contributed by atoms with Crippen LogP contribution in [0.2, 0.25) is 0 Å². The molecule has 1 saturated heterocycles. The summed E-state index contributed by atoms with van der Waals surface area (Å²) >= 11 is 0. The third-order valence-corrected chi connectivity index (χ3v) is 6.79. The molecule has 0 bridgehead atoms. The highest BCUT2D eigenvalue weighted by molar-refractivity contribution is 5.70. The molecule has 9 heteroatoms. The summed E-state index contributed by atoms with van der Waals surface area (Å²) in [7, 11) is 2.03. The van der Waals surface area contributed by atoms with Crippen LogP contribution in [0, 0.1) is 18.8 Å². The van der Waals surface area contributed by atoms with E-state index in [-0.39, 0.29) is 0 Å². The summed E-state index contributed by atoms with van der Waals surface area (Å²) in [6.07, 6.45) is -1.02. The minimum Gasteiger partial charge on any atom is -0.381 e. The Hall–Kier alpha value is -3.87. The zero-order chi connectivity index (χ0) is 26.7. The van der Waals surface area contributed by atoms with E-state index in [2.05, 4.69) is 41.9 Å². The first-order valence-electron chi connectivity index (χ1n) is 12.5. The number of aryl methyl sites for hydroxylation is 1. The van der Waals surface area contributed by atoms with Crippen molar-refractivity contribution in [2.24, 2.45) is 0 Å². The SMILES string of the molecule is Cc1ccc(CNc2ccc(CN3CCN(C)CC3)c(C(F)(F)F)c2)cc1C#Cc1cnc2[nH]ccc2n1. The molecule has 2 aromatic heterocycles. The van der Waals surface area contributed by atoms with Gasteiger partial charge in [0.15, 0.2) is 5.65 Å². The molecule has 3 heterocycles. The molecule has 1 fully saturated rings. The number of aromatic amines is 1. The van der Waals surface area contributed by atoms with E-state index in [0.717, 1.165) is 48.4 Å². The van der Waals surface area contributed by atoms with E-state index in [9.17, 15) is 13.2 Å². The van der Waals surface area contributed by atoms with E-state index < -0.39 is 11.7 Å². The first kappa shape index (κ1) is 25.8. The van der Waals surface area contributed by atoms with Crippen LogP contribution in [0.3, 0.4) is 0 Å². The number of alkyl halides is 3. The van der Waals surface area contributed by atoms with Crippen molar-refractivity contribution in [2.75, 3.05) is 38.5 Å². The van der Waals surface area contributed by atoms with Crippen LogP contribution in [0.15, 0.2) is 54.9 Å². The molecule has 0 radical (unpaired) electrons. The lowest BCUT2D eigenvalue weighted by Gasteiger charge is -2.33. The summed E-state index contributed by atoms with van der Waals surface area (Å²) in [6.45, 7) is 5.89. The fourth-order valence-corrected chi connectivity index (χ4v) is 4.47. The smallest absolute Gasteiger partial charge is 0.381 e. The minimum absolute atomic E-state index is 0.296. The lowest BCUT2D eigenvalue weighted by molar-refractivity contribution is -0.138. The van der Waals surface area contributed by atoms with Gasteiger partial charge in [-0.1, -0.05) is 24.1 Å². The Kier molecular flexibility index (Phi) is 7.36. The fourth-order valence-electron chi connectivity index (χ4n) is 4.47. The van der Waals surface area contributed by atoms with E-state index in [4.69, 9.17) is 0 Å². The number of rotatable bonds is 5.